The van der Waals surface area contributed by atoms with Crippen LogP contribution in [0.4, 0.5) is 4.39 Å². The van der Waals surface area contributed by atoms with Crippen LogP contribution in [0.3, 0.4) is 0 Å². The molecule has 180 valence electrons. The van der Waals surface area contributed by atoms with Gasteiger partial charge in [-0.1, -0.05) is 6.92 Å². The fourth-order valence-electron chi connectivity index (χ4n) is 2.76. The molecule has 2 rings (SSSR count). The Balaban J connectivity index is 2.14. The number of aliphatic hydroxyl groups is 2. The number of ether oxygens (including phenoxy) is 1. The molecule has 2 heterocycles. The van der Waals surface area contributed by atoms with Crippen molar-refractivity contribution in [1.82, 2.24) is 10.2 Å². The number of carbonyl (C=O) groups excluding carboxylic acids is 1. The van der Waals surface area contributed by atoms with E-state index in [1.165, 1.54) is 6.92 Å². The van der Waals surface area contributed by atoms with E-state index in [1.54, 1.807) is 0 Å². The lowest BCUT2D eigenvalue weighted by atomic mass is 9.94. The maximum absolute atomic E-state index is 14.7. The number of nitrogens with one attached hydrogen (secondary N) is 1. The van der Waals surface area contributed by atoms with Gasteiger partial charge in [-0.3, -0.25) is 9.32 Å². The second-order valence-corrected chi connectivity index (χ2v) is 10.7. The second-order valence-electron chi connectivity index (χ2n) is 6.33. The predicted molar refractivity (Wildman–Crippen MR) is 93.7 cm³/mol. The Bertz CT molecular complexity index is 866. The van der Waals surface area contributed by atoms with Gasteiger partial charge in [-0.25, -0.2) is 18.1 Å². The number of carbonyl (C=O) groups is 1. The van der Waals surface area contributed by atoms with Gasteiger partial charge < -0.3 is 44.7 Å². The number of nitrogens with zero attached hydrogens (tertiary/aromatic N) is 1. The lowest BCUT2D eigenvalue weighted by Crippen LogP contribution is -2.54. The summed E-state index contributed by atoms with van der Waals surface area (Å²) in [6.45, 7) is 0.258. The molecule has 0 spiro atoms. The van der Waals surface area contributed by atoms with Crippen LogP contribution in [-0.4, -0.2) is 77.7 Å². The molecular formula is C11H20FN2O14P3. The number of amides is 1. The monoisotopic (exact) mass is 516 g/mol. The maximum atomic E-state index is 14.7. The molecule has 1 amide bonds. The summed E-state index contributed by atoms with van der Waals surface area (Å²) in [5.74, 6) is -0.688. The molecule has 0 radical (unpaired) electrons. The molecule has 0 bridgehead atoms. The van der Waals surface area contributed by atoms with Crippen LogP contribution in [0.1, 0.15) is 13.3 Å². The van der Waals surface area contributed by atoms with E-state index in [9.17, 15) is 38.0 Å². The number of hydrogen-bond donors (Lipinski definition) is 7. The van der Waals surface area contributed by atoms with E-state index >= 15 is 0 Å². The first-order chi connectivity index (χ1) is 14.0. The van der Waals surface area contributed by atoms with E-state index in [-0.39, 0.29) is 6.42 Å². The van der Waals surface area contributed by atoms with Gasteiger partial charge in [-0.05, 0) is 6.42 Å². The van der Waals surface area contributed by atoms with Gasteiger partial charge in [0.25, 0.3) is 0 Å². The van der Waals surface area contributed by atoms with Crippen LogP contribution in [0.2, 0.25) is 0 Å². The molecule has 1 saturated heterocycles. The molecule has 0 aromatic carbocycles. The third kappa shape index (κ3) is 6.62. The minimum atomic E-state index is -5.77. The molecule has 0 aromatic heterocycles. The smallest absolute Gasteiger partial charge is 0.387 e. The Morgan fingerprint density at radius 3 is 2.32 bits per heavy atom. The molecule has 0 saturated carbocycles. The summed E-state index contributed by atoms with van der Waals surface area (Å²) in [5, 5.41) is 22.2. The van der Waals surface area contributed by atoms with Crippen LogP contribution in [-0.2, 0) is 36.4 Å². The average molecular weight is 516 g/mol. The van der Waals surface area contributed by atoms with Crippen LogP contribution in [0.25, 0.3) is 0 Å². The van der Waals surface area contributed by atoms with E-state index in [0.717, 1.165) is 17.2 Å². The normalized spacial score (nSPS) is 35.5. The molecule has 0 aliphatic carbocycles. The van der Waals surface area contributed by atoms with E-state index in [1.807, 2.05) is 5.32 Å². The third-order valence-corrected chi connectivity index (χ3v) is 7.98. The summed E-state index contributed by atoms with van der Waals surface area (Å²) in [6, 6.07) is 0. The number of alkyl halides is 1. The molecule has 16 nitrogen and oxygen atoms in total. The first kappa shape index (κ1) is 26.5. The quantitative estimate of drug-likeness (QED) is 0.177. The zero-order valence-electron chi connectivity index (χ0n) is 15.5. The Hall–Kier alpha value is -0.770. The zero-order chi connectivity index (χ0) is 23.8. The summed E-state index contributed by atoms with van der Waals surface area (Å²) in [6.07, 6.45) is -5.97. The van der Waals surface area contributed by atoms with E-state index in [2.05, 4.69) is 13.1 Å². The van der Waals surface area contributed by atoms with Crippen molar-refractivity contribution in [2.45, 2.75) is 43.8 Å². The Morgan fingerprint density at radius 2 is 1.81 bits per heavy atom. The van der Waals surface area contributed by atoms with Crippen molar-refractivity contribution in [1.29, 1.82) is 0 Å². The Kier molecular flexibility index (Phi) is 7.89. The topological polar surface area (TPSA) is 242 Å². The van der Waals surface area contributed by atoms with Crippen molar-refractivity contribution in [2.24, 2.45) is 0 Å². The number of halogens is 1. The van der Waals surface area contributed by atoms with Gasteiger partial charge in [-0.2, -0.15) is 8.62 Å². The molecular weight excluding hydrogens is 496 g/mol. The van der Waals surface area contributed by atoms with Gasteiger partial charge in [0.1, 0.15) is 11.7 Å². The Morgan fingerprint density at radius 1 is 1.19 bits per heavy atom. The number of phosphoric acid groups is 3. The van der Waals surface area contributed by atoms with Gasteiger partial charge in [0.2, 0.25) is 12.3 Å². The highest BCUT2D eigenvalue weighted by Gasteiger charge is 2.58. The van der Waals surface area contributed by atoms with Crippen LogP contribution in [0, 0.1) is 0 Å². The molecule has 31 heavy (non-hydrogen) atoms. The minimum absolute atomic E-state index is 0.249. The molecule has 7 atom stereocenters. The van der Waals surface area contributed by atoms with E-state index in [0.29, 0.717) is 0 Å². The van der Waals surface area contributed by atoms with Crippen molar-refractivity contribution >= 4 is 29.4 Å². The van der Waals surface area contributed by atoms with Crippen molar-refractivity contribution in [3.05, 3.63) is 12.3 Å². The van der Waals surface area contributed by atoms with Gasteiger partial charge in [-0.15, -0.1) is 0 Å². The van der Waals surface area contributed by atoms with Gasteiger partial charge in [0.15, 0.2) is 12.4 Å². The molecule has 2 aliphatic rings. The van der Waals surface area contributed by atoms with Crippen molar-refractivity contribution < 1.29 is 70.5 Å². The maximum Gasteiger partial charge on any atom is 0.490 e. The lowest BCUT2D eigenvalue weighted by molar-refractivity contribution is -0.173. The summed E-state index contributed by atoms with van der Waals surface area (Å²) in [5.41, 5.74) is -2.04. The minimum Gasteiger partial charge on any atom is -0.387 e. The number of hydrogen-bond acceptors (Lipinski definition) is 11. The lowest BCUT2D eigenvalue weighted by Gasteiger charge is -2.36. The third-order valence-electron chi connectivity index (χ3n) is 4.20. The highest BCUT2D eigenvalue weighted by atomic mass is 31.3. The van der Waals surface area contributed by atoms with Crippen molar-refractivity contribution in [2.75, 3.05) is 6.61 Å². The molecule has 20 heteroatoms. The first-order valence-electron chi connectivity index (χ1n) is 8.23. The number of aliphatic hydroxyl groups excluding tert-OH is 2. The summed E-state index contributed by atoms with van der Waals surface area (Å²) in [4.78, 5) is 47.7. The average Bonchev–Trinajstić information content (AvgIpc) is 2.82. The molecule has 1 fully saturated rings. The predicted octanol–water partition coefficient (Wildman–Crippen LogP) is -1.24. The van der Waals surface area contributed by atoms with Crippen LogP contribution in [0.15, 0.2) is 12.3 Å². The van der Waals surface area contributed by atoms with Crippen LogP contribution in [0.5, 0.6) is 0 Å². The Labute approximate surface area is 173 Å². The highest BCUT2D eigenvalue weighted by Crippen LogP contribution is 2.66. The van der Waals surface area contributed by atoms with E-state index < -0.39 is 66.4 Å². The molecule has 0 aromatic rings. The largest absolute Gasteiger partial charge is 0.490 e. The number of phosphoric ester groups is 1. The van der Waals surface area contributed by atoms with Crippen molar-refractivity contribution in [3.8, 4) is 0 Å². The second kappa shape index (κ2) is 9.23. The summed E-state index contributed by atoms with van der Waals surface area (Å²) < 4.78 is 65.6. The van der Waals surface area contributed by atoms with Gasteiger partial charge in [0, 0.05) is 12.3 Å². The van der Waals surface area contributed by atoms with Crippen molar-refractivity contribution in [3.63, 3.8) is 0 Å². The molecule has 2 aliphatic heterocycles. The molecule has 7 N–H and O–H groups in total. The number of rotatable bonds is 9. The van der Waals surface area contributed by atoms with Crippen LogP contribution < -0.4 is 5.32 Å². The standard InChI is InChI=1S/C11H20FN2O14P3/c1-2-11(5-25-30(21,22)28-31(23,24)27-29(18,19)20)8(16)7(12)9(26-11)14-4-3-6(15)13-10(14)17/h3-4,7-10,16-17H,2,5H2,1H3,(H,13,15)(H,21,22)(H,23,24)(H2,18,19,20)/t7-,8+,9-,10?,11-/m1/s1. The fourth-order valence-corrected chi connectivity index (χ4v) is 5.84. The summed E-state index contributed by atoms with van der Waals surface area (Å²) in [7, 11) is -16.9. The zero-order valence-corrected chi connectivity index (χ0v) is 18.2. The summed E-state index contributed by atoms with van der Waals surface area (Å²) >= 11 is 0. The van der Waals surface area contributed by atoms with Crippen LogP contribution >= 0.6 is 23.5 Å². The van der Waals surface area contributed by atoms with Gasteiger partial charge >= 0.3 is 23.5 Å². The fraction of sp³-hybridized carbons (Fsp3) is 0.727. The molecule has 3 unspecified atom stereocenters. The highest BCUT2D eigenvalue weighted by molar-refractivity contribution is 7.66. The van der Waals surface area contributed by atoms with E-state index in [4.69, 9.17) is 19.4 Å². The SMILES string of the molecule is CC[C@]1(COP(=O)(O)OP(=O)(O)OP(=O)(O)O)O[C@@H](N2C=CC(=O)NC2O)[C@H](F)[C@@H]1O. The first-order valence-corrected chi connectivity index (χ1v) is 12.8. The van der Waals surface area contributed by atoms with Gasteiger partial charge in [0.05, 0.1) is 6.61 Å².